The first kappa shape index (κ1) is 18.9. The Kier molecular flexibility index (Phi) is 5.84. The monoisotopic (exact) mass is 366 g/mol. The van der Waals surface area contributed by atoms with Crippen LogP contribution < -0.4 is 0 Å². The molecule has 0 N–H and O–H groups in total. The molecule has 1 rings (SSSR count). The molecule has 12 nitrogen and oxygen atoms in total. The highest BCUT2D eigenvalue weighted by atomic mass is 32.2. The first-order valence-corrected chi connectivity index (χ1v) is 10.3. The summed E-state index contributed by atoms with van der Waals surface area (Å²) in [6, 6.07) is 0. The van der Waals surface area contributed by atoms with Gasteiger partial charge in [-0.2, -0.15) is 0 Å². The van der Waals surface area contributed by atoms with E-state index in [9.17, 15) is 25.3 Å². The maximum absolute atomic E-state index is 10.9. The molecule has 18 heteroatoms. The quantitative estimate of drug-likeness (QED) is 0.438. The van der Waals surface area contributed by atoms with Crippen LogP contribution in [0.1, 0.15) is 0 Å². The lowest BCUT2D eigenvalue weighted by Crippen LogP contribution is -2.54. The molecule has 0 aromatic carbocycles. The van der Waals surface area contributed by atoms with E-state index in [1.807, 2.05) is 0 Å². The third kappa shape index (κ3) is 8.74. The van der Waals surface area contributed by atoms with Crippen LogP contribution in [-0.4, -0.2) is 66.0 Å². The average Bonchev–Trinajstić information content (AvgIpc) is 2.06. The molecular formula is C3H9B3O12S3. The van der Waals surface area contributed by atoms with E-state index in [2.05, 4.69) is 26.0 Å². The molecule has 0 aliphatic carbocycles. The van der Waals surface area contributed by atoms with Crippen LogP contribution in [0.4, 0.5) is 0 Å². The highest BCUT2D eigenvalue weighted by Crippen LogP contribution is 2.15. The van der Waals surface area contributed by atoms with Gasteiger partial charge in [-0.3, -0.25) is 12.3 Å². The van der Waals surface area contributed by atoms with Crippen LogP contribution >= 0.6 is 0 Å². The highest BCUT2D eigenvalue weighted by molar-refractivity contribution is 7.87. The van der Waals surface area contributed by atoms with Gasteiger partial charge in [0.05, 0.1) is 18.8 Å². The molecule has 0 spiro atoms. The Bertz CT molecular complexity index is 565. The summed E-state index contributed by atoms with van der Waals surface area (Å²) in [4.78, 5) is 0. The van der Waals surface area contributed by atoms with Crippen molar-refractivity contribution in [3.05, 3.63) is 0 Å². The minimum absolute atomic E-state index is 0.647. The van der Waals surface area contributed by atoms with Crippen LogP contribution in [0.25, 0.3) is 0 Å². The molecule has 0 saturated carbocycles. The third-order valence-corrected chi connectivity index (χ3v) is 2.95. The van der Waals surface area contributed by atoms with Crippen LogP contribution in [-0.2, 0) is 56.4 Å². The normalized spacial score (nSPS) is 18.1. The lowest BCUT2D eigenvalue weighted by molar-refractivity contribution is 0.152. The van der Waals surface area contributed by atoms with Gasteiger partial charge in [-0.25, -0.2) is 25.3 Å². The van der Waals surface area contributed by atoms with E-state index in [4.69, 9.17) is 0 Å². The molecule has 0 bridgehead atoms. The Morgan fingerprint density at radius 2 is 0.762 bits per heavy atom. The van der Waals surface area contributed by atoms with Gasteiger partial charge in [0, 0.05) is 0 Å². The minimum Gasteiger partial charge on any atom is -0.399 e. The van der Waals surface area contributed by atoms with Crippen molar-refractivity contribution < 1.29 is 51.3 Å². The van der Waals surface area contributed by atoms with Crippen molar-refractivity contribution in [1.82, 2.24) is 0 Å². The van der Waals surface area contributed by atoms with Crippen LogP contribution in [0.3, 0.4) is 0 Å². The fourth-order valence-corrected chi connectivity index (χ4v) is 2.06. The number of rotatable bonds is 6. The van der Waals surface area contributed by atoms with Crippen LogP contribution in [0.5, 0.6) is 0 Å². The fraction of sp³-hybridized carbons (Fsp3) is 1.00. The molecule has 1 aliphatic heterocycles. The predicted molar refractivity (Wildman–Crippen MR) is 68.3 cm³/mol. The van der Waals surface area contributed by atoms with E-state index < -0.39 is 52.3 Å². The Balaban J connectivity index is 2.87. The summed E-state index contributed by atoms with van der Waals surface area (Å²) in [5.41, 5.74) is 0. The molecule has 0 radical (unpaired) electrons. The van der Waals surface area contributed by atoms with Gasteiger partial charge in [0.1, 0.15) is 0 Å². The summed E-state index contributed by atoms with van der Waals surface area (Å²) in [6.07, 6.45) is 1.94. The van der Waals surface area contributed by atoms with E-state index in [1.54, 1.807) is 0 Å². The van der Waals surface area contributed by atoms with Crippen molar-refractivity contribution in [2.45, 2.75) is 0 Å². The van der Waals surface area contributed by atoms with Gasteiger partial charge in [0.2, 0.25) is 0 Å². The molecule has 1 fully saturated rings. The van der Waals surface area contributed by atoms with Crippen LogP contribution in [0, 0.1) is 0 Å². The molecule has 0 amide bonds. The van der Waals surface area contributed by atoms with E-state index in [1.165, 1.54) is 0 Å². The first-order valence-electron chi connectivity index (χ1n) is 4.85. The van der Waals surface area contributed by atoms with Crippen molar-refractivity contribution in [1.29, 1.82) is 0 Å². The fourth-order valence-electron chi connectivity index (χ4n) is 0.933. The van der Waals surface area contributed by atoms with Gasteiger partial charge in [-0.15, -0.1) is 0 Å². The molecule has 1 saturated heterocycles. The molecule has 0 atom stereocenters. The summed E-state index contributed by atoms with van der Waals surface area (Å²) >= 11 is 0. The molecule has 120 valence electrons. The van der Waals surface area contributed by atoms with Crippen molar-refractivity contribution in [3.63, 3.8) is 0 Å². The highest BCUT2D eigenvalue weighted by Gasteiger charge is 2.50. The standard InChI is InChI=1S/C3H9B3O12S3/c1-19(7,8)16-4-13-5(17-20(2,9)10)15-6(14-4)18-21(3,11)12/h1-3H3. The summed E-state index contributed by atoms with van der Waals surface area (Å²) < 4.78 is 92.1. The summed E-state index contributed by atoms with van der Waals surface area (Å²) in [5, 5.41) is 0. The average molecular weight is 366 g/mol. The first-order chi connectivity index (χ1) is 9.23. The Morgan fingerprint density at radius 1 is 0.571 bits per heavy atom. The predicted octanol–water partition coefficient (Wildman–Crippen LogP) is -3.07. The lowest BCUT2D eigenvalue weighted by atomic mass is 9.98. The second-order valence-corrected chi connectivity index (χ2v) is 8.48. The van der Waals surface area contributed by atoms with E-state index >= 15 is 0 Å². The molecule has 0 aromatic heterocycles. The molecule has 0 unspecified atom stereocenters. The summed E-state index contributed by atoms with van der Waals surface area (Å²) in [7, 11) is -18.3. The molecular weight excluding hydrogens is 357 g/mol. The minimum atomic E-state index is -4.07. The van der Waals surface area contributed by atoms with Crippen LogP contribution in [0.15, 0.2) is 0 Å². The molecule has 21 heavy (non-hydrogen) atoms. The Morgan fingerprint density at radius 3 is 0.905 bits per heavy atom. The van der Waals surface area contributed by atoms with Gasteiger partial charge in [0.15, 0.2) is 0 Å². The smallest absolute Gasteiger partial charge is 0.399 e. The van der Waals surface area contributed by atoms with Crippen molar-refractivity contribution >= 4 is 52.3 Å². The SMILES string of the molecule is CS(=O)(=O)OB1OB(OS(C)(=O)=O)OB(OS(C)(=O)=O)O1. The zero-order valence-electron chi connectivity index (χ0n) is 10.9. The van der Waals surface area contributed by atoms with Crippen molar-refractivity contribution in [2.24, 2.45) is 0 Å². The second kappa shape index (κ2) is 6.51. The largest absolute Gasteiger partial charge is 0.630 e. The summed E-state index contributed by atoms with van der Waals surface area (Å²) in [6.45, 7) is 0. The summed E-state index contributed by atoms with van der Waals surface area (Å²) in [5.74, 6) is 0. The number of hydrogen-bond donors (Lipinski definition) is 0. The van der Waals surface area contributed by atoms with E-state index in [-0.39, 0.29) is 0 Å². The van der Waals surface area contributed by atoms with Crippen molar-refractivity contribution in [2.75, 3.05) is 18.8 Å². The van der Waals surface area contributed by atoms with Gasteiger partial charge in [0.25, 0.3) is 30.4 Å². The second-order valence-electron chi connectivity index (χ2n) is 3.68. The van der Waals surface area contributed by atoms with Gasteiger partial charge in [-0.05, 0) is 0 Å². The van der Waals surface area contributed by atoms with Gasteiger partial charge >= 0.3 is 22.0 Å². The van der Waals surface area contributed by atoms with E-state index in [0.717, 1.165) is 0 Å². The maximum atomic E-state index is 10.9. The van der Waals surface area contributed by atoms with Crippen molar-refractivity contribution in [3.8, 4) is 0 Å². The number of hydrogen-bond acceptors (Lipinski definition) is 12. The van der Waals surface area contributed by atoms with Gasteiger partial charge in [-0.1, -0.05) is 0 Å². The lowest BCUT2D eigenvalue weighted by Gasteiger charge is -2.26. The maximum Gasteiger partial charge on any atom is 0.630 e. The molecule has 0 aromatic rings. The Labute approximate surface area is 122 Å². The Hall–Kier alpha value is -0.195. The molecule has 1 aliphatic rings. The van der Waals surface area contributed by atoms with E-state index in [0.29, 0.717) is 18.8 Å². The van der Waals surface area contributed by atoms with Gasteiger partial charge < -0.3 is 13.7 Å². The topological polar surface area (TPSA) is 158 Å². The zero-order valence-corrected chi connectivity index (χ0v) is 13.3. The van der Waals surface area contributed by atoms with Crippen LogP contribution in [0.2, 0.25) is 0 Å². The molecule has 1 heterocycles. The third-order valence-electron chi connectivity index (χ3n) is 1.43. The zero-order chi connectivity index (χ0) is 16.5.